The van der Waals surface area contributed by atoms with Gasteiger partial charge in [-0.3, -0.25) is 0 Å². The van der Waals surface area contributed by atoms with Crippen LogP contribution in [0, 0.1) is 5.82 Å². The first-order valence-corrected chi connectivity index (χ1v) is 8.03. The predicted molar refractivity (Wildman–Crippen MR) is 88.2 cm³/mol. The highest BCUT2D eigenvalue weighted by molar-refractivity contribution is 5.57. The molecule has 0 saturated carbocycles. The summed E-state index contributed by atoms with van der Waals surface area (Å²) in [6, 6.07) is 8.08. The van der Waals surface area contributed by atoms with Crippen LogP contribution < -0.4 is 4.74 Å². The molecule has 29 heavy (non-hydrogen) atoms. The first-order chi connectivity index (χ1) is 13.5. The van der Waals surface area contributed by atoms with Gasteiger partial charge in [-0.15, -0.1) is 0 Å². The molecule has 0 bridgehead atoms. The fraction of sp³-hybridized carbons (Fsp3) is 0.158. The van der Waals surface area contributed by atoms with Gasteiger partial charge < -0.3 is 4.74 Å². The Labute approximate surface area is 159 Å². The Balaban J connectivity index is 1.81. The van der Waals surface area contributed by atoms with Crippen molar-refractivity contribution in [1.29, 1.82) is 0 Å². The maximum atomic E-state index is 13.4. The van der Waals surface area contributed by atoms with Crippen LogP contribution in [-0.2, 0) is 19.0 Å². The maximum absolute atomic E-state index is 13.4. The Morgan fingerprint density at radius 1 is 0.862 bits per heavy atom. The highest BCUT2D eigenvalue weighted by atomic mass is 19.4. The van der Waals surface area contributed by atoms with Gasteiger partial charge in [0.2, 0.25) is 5.88 Å². The van der Waals surface area contributed by atoms with E-state index < -0.39 is 29.3 Å². The fourth-order valence-corrected chi connectivity index (χ4v) is 2.44. The van der Waals surface area contributed by atoms with Gasteiger partial charge in [0, 0.05) is 17.8 Å². The molecule has 0 amide bonds. The van der Waals surface area contributed by atoms with Gasteiger partial charge in [-0.25, -0.2) is 9.37 Å². The summed E-state index contributed by atoms with van der Waals surface area (Å²) < 4.78 is 95.6. The van der Waals surface area contributed by atoms with Crippen LogP contribution in [0.25, 0.3) is 11.4 Å². The summed E-state index contributed by atoms with van der Waals surface area (Å²) in [5, 5.41) is 0. The summed E-state index contributed by atoms with van der Waals surface area (Å²) in [6.07, 6.45) is -8.19. The third-order valence-corrected chi connectivity index (χ3v) is 3.80. The van der Waals surface area contributed by atoms with Crippen LogP contribution in [0.4, 0.5) is 30.7 Å². The first-order valence-electron chi connectivity index (χ1n) is 8.03. The first kappa shape index (κ1) is 20.6. The molecular weight excluding hydrogens is 405 g/mol. The van der Waals surface area contributed by atoms with Crippen molar-refractivity contribution in [2.45, 2.75) is 19.0 Å². The summed E-state index contributed by atoms with van der Waals surface area (Å²) in [5.41, 5.74) is -2.17. The minimum atomic E-state index is -4.89. The summed E-state index contributed by atoms with van der Waals surface area (Å²) in [4.78, 5) is 7.77. The van der Waals surface area contributed by atoms with E-state index in [1.54, 1.807) is 0 Å². The van der Waals surface area contributed by atoms with Crippen molar-refractivity contribution >= 4 is 0 Å². The number of alkyl halides is 6. The highest BCUT2D eigenvalue weighted by Gasteiger charge is 2.34. The smallest absolute Gasteiger partial charge is 0.419 e. The second kappa shape index (κ2) is 7.69. The summed E-state index contributed by atoms with van der Waals surface area (Å²) in [7, 11) is 0. The minimum absolute atomic E-state index is 0.0645. The Bertz CT molecular complexity index is 1020. The van der Waals surface area contributed by atoms with Gasteiger partial charge in [-0.2, -0.15) is 31.3 Å². The average Bonchev–Trinajstić information content (AvgIpc) is 2.66. The second-order valence-corrected chi connectivity index (χ2v) is 5.90. The van der Waals surface area contributed by atoms with Crippen molar-refractivity contribution in [3.63, 3.8) is 0 Å². The number of benzene rings is 2. The summed E-state index contributed by atoms with van der Waals surface area (Å²) in [5.74, 6) is -1.65. The van der Waals surface area contributed by atoms with Crippen molar-refractivity contribution in [2.75, 3.05) is 0 Å². The standard InChI is InChI=1S/C19H11F7N2O/c20-15-5-4-12(9-14(15)19(24,25)26)17-27-7-6-16(28-17)29-10-11-2-1-3-13(8-11)18(21,22)23/h1-9H,10H2. The molecule has 3 rings (SSSR count). The molecule has 0 aliphatic carbocycles. The van der Waals surface area contributed by atoms with Gasteiger partial charge in [-0.05, 0) is 35.9 Å². The van der Waals surface area contributed by atoms with Crippen molar-refractivity contribution in [3.8, 4) is 17.3 Å². The quantitative estimate of drug-likeness (QED) is 0.497. The van der Waals surface area contributed by atoms with E-state index in [1.165, 1.54) is 24.4 Å². The molecule has 0 atom stereocenters. The van der Waals surface area contributed by atoms with Crippen LogP contribution in [0.1, 0.15) is 16.7 Å². The monoisotopic (exact) mass is 416 g/mol. The van der Waals surface area contributed by atoms with E-state index in [4.69, 9.17) is 4.74 Å². The van der Waals surface area contributed by atoms with Crippen LogP contribution in [0.2, 0.25) is 0 Å². The molecule has 0 N–H and O–H groups in total. The third-order valence-electron chi connectivity index (χ3n) is 3.80. The van der Waals surface area contributed by atoms with Gasteiger partial charge in [0.1, 0.15) is 12.4 Å². The molecule has 152 valence electrons. The Kier molecular flexibility index (Phi) is 5.45. The number of hydrogen-bond donors (Lipinski definition) is 0. The number of ether oxygens (including phenoxy) is 1. The fourth-order valence-electron chi connectivity index (χ4n) is 2.44. The molecular formula is C19H11F7N2O. The molecule has 1 aromatic heterocycles. The normalized spacial score (nSPS) is 12.1. The van der Waals surface area contributed by atoms with Gasteiger partial charge >= 0.3 is 12.4 Å². The van der Waals surface area contributed by atoms with E-state index in [0.29, 0.717) is 12.1 Å². The molecule has 1 heterocycles. The summed E-state index contributed by atoms with van der Waals surface area (Å²) in [6.45, 7) is -0.252. The van der Waals surface area contributed by atoms with Crippen molar-refractivity contribution in [2.24, 2.45) is 0 Å². The Morgan fingerprint density at radius 2 is 1.62 bits per heavy atom. The lowest BCUT2D eigenvalue weighted by Gasteiger charge is -2.11. The van der Waals surface area contributed by atoms with Crippen molar-refractivity contribution < 1.29 is 35.5 Å². The molecule has 0 radical (unpaired) electrons. The third kappa shape index (κ3) is 5.01. The molecule has 2 aromatic carbocycles. The van der Waals surface area contributed by atoms with Crippen LogP contribution in [0.15, 0.2) is 54.7 Å². The van der Waals surface area contributed by atoms with E-state index in [-0.39, 0.29) is 29.4 Å². The van der Waals surface area contributed by atoms with E-state index in [9.17, 15) is 30.7 Å². The van der Waals surface area contributed by atoms with Crippen molar-refractivity contribution in [3.05, 3.63) is 77.2 Å². The summed E-state index contributed by atoms with van der Waals surface area (Å²) >= 11 is 0. The lowest BCUT2D eigenvalue weighted by molar-refractivity contribution is -0.140. The average molecular weight is 416 g/mol. The number of aromatic nitrogens is 2. The van der Waals surface area contributed by atoms with Crippen LogP contribution in [0.3, 0.4) is 0 Å². The van der Waals surface area contributed by atoms with Crippen molar-refractivity contribution in [1.82, 2.24) is 9.97 Å². The molecule has 0 unspecified atom stereocenters. The maximum Gasteiger partial charge on any atom is 0.419 e. The van der Waals surface area contributed by atoms with Crippen LogP contribution >= 0.6 is 0 Å². The van der Waals surface area contributed by atoms with Crippen LogP contribution in [0.5, 0.6) is 5.88 Å². The molecule has 0 aliphatic rings. The van der Waals surface area contributed by atoms with Crippen LogP contribution in [-0.4, -0.2) is 9.97 Å². The minimum Gasteiger partial charge on any atom is -0.473 e. The zero-order chi connectivity index (χ0) is 21.2. The van der Waals surface area contributed by atoms with E-state index >= 15 is 0 Å². The topological polar surface area (TPSA) is 35.0 Å². The SMILES string of the molecule is Fc1ccc(-c2nccc(OCc3cccc(C(F)(F)F)c3)n2)cc1C(F)(F)F. The van der Waals surface area contributed by atoms with Gasteiger partial charge in [0.15, 0.2) is 5.82 Å². The van der Waals surface area contributed by atoms with E-state index in [1.807, 2.05) is 0 Å². The molecule has 0 fully saturated rings. The lowest BCUT2D eigenvalue weighted by Crippen LogP contribution is -2.08. The number of hydrogen-bond acceptors (Lipinski definition) is 3. The van der Waals surface area contributed by atoms with Gasteiger partial charge in [0.05, 0.1) is 11.1 Å². The number of rotatable bonds is 4. The highest BCUT2D eigenvalue weighted by Crippen LogP contribution is 2.34. The number of halogens is 7. The Hall–Kier alpha value is -3.17. The molecule has 3 nitrogen and oxygen atoms in total. The largest absolute Gasteiger partial charge is 0.473 e. The second-order valence-electron chi connectivity index (χ2n) is 5.90. The zero-order valence-electron chi connectivity index (χ0n) is 14.4. The molecule has 0 spiro atoms. The molecule has 0 saturated heterocycles. The lowest BCUT2D eigenvalue weighted by atomic mass is 10.1. The Morgan fingerprint density at radius 3 is 2.31 bits per heavy atom. The van der Waals surface area contributed by atoms with Gasteiger partial charge in [0.25, 0.3) is 0 Å². The van der Waals surface area contributed by atoms with E-state index in [2.05, 4.69) is 9.97 Å². The number of nitrogens with zero attached hydrogens (tertiary/aromatic N) is 2. The van der Waals surface area contributed by atoms with E-state index in [0.717, 1.165) is 18.2 Å². The molecule has 10 heteroatoms. The predicted octanol–water partition coefficient (Wildman–Crippen LogP) is 5.90. The zero-order valence-corrected chi connectivity index (χ0v) is 14.4. The molecule has 3 aromatic rings. The van der Waals surface area contributed by atoms with Gasteiger partial charge in [-0.1, -0.05) is 12.1 Å². The molecule has 0 aliphatic heterocycles.